The van der Waals surface area contributed by atoms with Gasteiger partial charge >= 0.3 is 0 Å². The predicted octanol–water partition coefficient (Wildman–Crippen LogP) is 1.24. The van der Waals surface area contributed by atoms with E-state index in [9.17, 15) is 4.79 Å². The van der Waals surface area contributed by atoms with Crippen molar-refractivity contribution in [3.8, 4) is 6.07 Å². The van der Waals surface area contributed by atoms with Gasteiger partial charge in [-0.15, -0.1) is 0 Å². The predicted molar refractivity (Wildman–Crippen MR) is 74.9 cm³/mol. The Morgan fingerprint density at radius 3 is 3.00 bits per heavy atom. The molecule has 6 heteroatoms. The number of aromatic nitrogens is 2. The van der Waals surface area contributed by atoms with Crippen LogP contribution >= 0.6 is 0 Å². The molecule has 1 aliphatic rings. The van der Waals surface area contributed by atoms with Crippen LogP contribution in [0, 0.1) is 17.2 Å². The normalized spacial score (nSPS) is 21.9. The quantitative estimate of drug-likeness (QED) is 0.861. The lowest BCUT2D eigenvalue weighted by atomic mass is 9.93. The molecule has 1 aromatic rings. The molecule has 0 saturated carbocycles. The molecular formula is C14H19N5O. The van der Waals surface area contributed by atoms with Gasteiger partial charge in [-0.05, 0) is 19.3 Å². The van der Waals surface area contributed by atoms with E-state index in [-0.39, 0.29) is 11.9 Å². The van der Waals surface area contributed by atoms with Crippen LogP contribution in [0.5, 0.6) is 0 Å². The second-order valence-corrected chi connectivity index (χ2v) is 5.18. The van der Waals surface area contributed by atoms with Crippen molar-refractivity contribution in [2.75, 3.05) is 11.9 Å². The number of hydrogen-bond donors (Lipinski definition) is 2. The number of carbonyl (C=O) groups is 1. The highest BCUT2D eigenvalue weighted by Gasteiger charge is 2.23. The van der Waals surface area contributed by atoms with Crippen molar-refractivity contribution in [3.63, 3.8) is 0 Å². The van der Waals surface area contributed by atoms with E-state index in [1.165, 1.54) is 0 Å². The van der Waals surface area contributed by atoms with Gasteiger partial charge in [-0.3, -0.25) is 4.79 Å². The summed E-state index contributed by atoms with van der Waals surface area (Å²) in [6.45, 7) is 4.65. The molecular weight excluding hydrogens is 254 g/mol. The first-order valence-corrected chi connectivity index (χ1v) is 6.92. The zero-order chi connectivity index (χ0) is 14.5. The number of nitriles is 1. The zero-order valence-corrected chi connectivity index (χ0v) is 11.8. The Balaban J connectivity index is 2.00. The molecule has 0 spiro atoms. The lowest BCUT2D eigenvalue weighted by molar-refractivity contribution is -0.124. The maximum Gasteiger partial charge on any atom is 0.220 e. The molecule has 1 aromatic heterocycles. The van der Waals surface area contributed by atoms with Crippen molar-refractivity contribution < 1.29 is 4.79 Å². The summed E-state index contributed by atoms with van der Waals surface area (Å²) in [4.78, 5) is 19.9. The maximum atomic E-state index is 11.5. The molecule has 0 unspecified atom stereocenters. The van der Waals surface area contributed by atoms with Crippen molar-refractivity contribution in [2.24, 2.45) is 5.92 Å². The highest BCUT2D eigenvalue weighted by Crippen LogP contribution is 2.18. The molecule has 2 rings (SSSR count). The number of aryl methyl sites for hydroxylation is 1. The molecule has 2 atom stereocenters. The molecule has 1 saturated heterocycles. The number of amides is 1. The highest BCUT2D eigenvalue weighted by molar-refractivity contribution is 5.77. The fraction of sp³-hybridized carbons (Fsp3) is 0.571. The van der Waals surface area contributed by atoms with Crippen LogP contribution in [-0.4, -0.2) is 28.5 Å². The molecule has 0 aliphatic carbocycles. The van der Waals surface area contributed by atoms with Crippen molar-refractivity contribution >= 4 is 11.7 Å². The Bertz CT molecular complexity index is 537. The molecule has 106 valence electrons. The van der Waals surface area contributed by atoms with E-state index in [0.29, 0.717) is 42.6 Å². The lowest BCUT2D eigenvalue weighted by Crippen LogP contribution is -2.42. The van der Waals surface area contributed by atoms with Crippen molar-refractivity contribution in [1.29, 1.82) is 5.26 Å². The van der Waals surface area contributed by atoms with Gasteiger partial charge in [0, 0.05) is 31.5 Å². The summed E-state index contributed by atoms with van der Waals surface area (Å²) >= 11 is 0. The molecule has 0 aromatic carbocycles. The molecule has 2 heterocycles. The average molecular weight is 273 g/mol. The van der Waals surface area contributed by atoms with Gasteiger partial charge in [0.05, 0.1) is 0 Å². The molecule has 0 radical (unpaired) electrons. The van der Waals surface area contributed by atoms with E-state index in [1.807, 2.05) is 19.9 Å². The monoisotopic (exact) mass is 273 g/mol. The van der Waals surface area contributed by atoms with Gasteiger partial charge < -0.3 is 10.6 Å². The van der Waals surface area contributed by atoms with Crippen LogP contribution in [0.2, 0.25) is 0 Å². The third kappa shape index (κ3) is 3.67. The number of anilines is 1. The van der Waals surface area contributed by atoms with Crippen LogP contribution < -0.4 is 10.6 Å². The number of piperidine rings is 1. The van der Waals surface area contributed by atoms with Crippen LogP contribution in [0.3, 0.4) is 0 Å². The summed E-state index contributed by atoms with van der Waals surface area (Å²) in [7, 11) is 0. The highest BCUT2D eigenvalue weighted by atomic mass is 16.1. The second kappa shape index (κ2) is 6.33. The molecule has 1 amide bonds. The summed E-state index contributed by atoms with van der Waals surface area (Å²) in [5.74, 6) is 1.71. The van der Waals surface area contributed by atoms with Crippen molar-refractivity contribution in [1.82, 2.24) is 15.3 Å². The molecule has 6 nitrogen and oxygen atoms in total. The minimum atomic E-state index is 0.102. The van der Waals surface area contributed by atoms with Gasteiger partial charge in [-0.25, -0.2) is 9.97 Å². The van der Waals surface area contributed by atoms with E-state index in [2.05, 4.69) is 20.6 Å². The molecule has 0 bridgehead atoms. The number of nitrogens with zero attached hydrogens (tertiary/aromatic N) is 3. The SMILES string of the molecule is CCc1nc(C#N)cc(NC[C@H]2CC(=O)N[C@@H](C)C2)n1. The van der Waals surface area contributed by atoms with Gasteiger partial charge in [-0.2, -0.15) is 5.26 Å². The van der Waals surface area contributed by atoms with E-state index in [4.69, 9.17) is 5.26 Å². The summed E-state index contributed by atoms with van der Waals surface area (Å²) in [5.41, 5.74) is 0.370. The zero-order valence-electron chi connectivity index (χ0n) is 11.8. The number of carbonyl (C=O) groups excluding carboxylic acids is 1. The van der Waals surface area contributed by atoms with Crippen LogP contribution in [0.1, 0.15) is 38.2 Å². The fourth-order valence-electron chi connectivity index (χ4n) is 2.45. The maximum absolute atomic E-state index is 11.5. The Kier molecular flexibility index (Phi) is 4.51. The molecule has 20 heavy (non-hydrogen) atoms. The molecule has 2 N–H and O–H groups in total. The minimum absolute atomic E-state index is 0.102. The van der Waals surface area contributed by atoms with Crippen molar-refractivity contribution in [3.05, 3.63) is 17.6 Å². The largest absolute Gasteiger partial charge is 0.370 e. The summed E-state index contributed by atoms with van der Waals surface area (Å²) in [5, 5.41) is 15.1. The third-order valence-corrected chi connectivity index (χ3v) is 3.34. The minimum Gasteiger partial charge on any atom is -0.370 e. The van der Waals surface area contributed by atoms with Gasteiger partial charge in [0.1, 0.15) is 23.4 Å². The lowest BCUT2D eigenvalue weighted by Gasteiger charge is -2.27. The number of nitrogens with one attached hydrogen (secondary N) is 2. The number of rotatable bonds is 4. The van der Waals surface area contributed by atoms with E-state index >= 15 is 0 Å². The first-order valence-electron chi connectivity index (χ1n) is 6.92. The van der Waals surface area contributed by atoms with Gasteiger partial charge in [0.25, 0.3) is 0 Å². The topological polar surface area (TPSA) is 90.7 Å². The van der Waals surface area contributed by atoms with Gasteiger partial charge in [0.2, 0.25) is 5.91 Å². The van der Waals surface area contributed by atoms with E-state index in [0.717, 1.165) is 6.42 Å². The van der Waals surface area contributed by atoms with E-state index < -0.39 is 0 Å². The van der Waals surface area contributed by atoms with Gasteiger partial charge in [-0.1, -0.05) is 6.92 Å². The van der Waals surface area contributed by atoms with Crippen LogP contribution in [0.15, 0.2) is 6.07 Å². The van der Waals surface area contributed by atoms with Crippen LogP contribution in [-0.2, 0) is 11.2 Å². The van der Waals surface area contributed by atoms with Crippen molar-refractivity contribution in [2.45, 2.75) is 39.2 Å². The average Bonchev–Trinajstić information content (AvgIpc) is 2.43. The van der Waals surface area contributed by atoms with E-state index in [1.54, 1.807) is 6.07 Å². The molecule has 1 aliphatic heterocycles. The summed E-state index contributed by atoms with van der Waals surface area (Å²) in [6, 6.07) is 3.90. The Morgan fingerprint density at radius 1 is 1.55 bits per heavy atom. The second-order valence-electron chi connectivity index (χ2n) is 5.18. The summed E-state index contributed by atoms with van der Waals surface area (Å²) in [6.07, 6.45) is 2.18. The first kappa shape index (κ1) is 14.3. The Hall–Kier alpha value is -2.16. The van der Waals surface area contributed by atoms with Crippen LogP contribution in [0.4, 0.5) is 5.82 Å². The number of hydrogen-bond acceptors (Lipinski definition) is 5. The Labute approximate surface area is 118 Å². The smallest absolute Gasteiger partial charge is 0.220 e. The summed E-state index contributed by atoms with van der Waals surface area (Å²) < 4.78 is 0. The third-order valence-electron chi connectivity index (χ3n) is 3.34. The Morgan fingerprint density at radius 2 is 2.35 bits per heavy atom. The fourth-order valence-corrected chi connectivity index (χ4v) is 2.45. The molecule has 1 fully saturated rings. The van der Waals surface area contributed by atoms with Crippen LogP contribution in [0.25, 0.3) is 0 Å². The van der Waals surface area contributed by atoms with Gasteiger partial charge in [0.15, 0.2) is 0 Å². The first-order chi connectivity index (χ1) is 9.60. The standard InChI is InChI=1S/C14H19N5O/c1-3-12-18-11(7-15)6-13(19-12)16-8-10-4-9(2)17-14(20)5-10/h6,9-10H,3-5,8H2,1-2H3,(H,17,20)(H,16,18,19)/t9-,10+/m0/s1.